The standard InChI is InChI=1S/C25H53NO2S/c1-4-5-6-7-8-9-10-11-12-13-14-15-16-19-22-29-24-25(27)23-28-21-18-17-20-26(2)3/h25,27H,4-24H2,1-3H3. The zero-order chi connectivity index (χ0) is 21.4. The van der Waals surface area contributed by atoms with Crippen LogP contribution in [0.15, 0.2) is 0 Å². The molecule has 0 aromatic rings. The smallest absolute Gasteiger partial charge is 0.0863 e. The molecule has 0 aromatic heterocycles. The minimum Gasteiger partial charge on any atom is -0.390 e. The van der Waals surface area contributed by atoms with Crippen LogP contribution >= 0.6 is 11.8 Å². The molecule has 0 bridgehead atoms. The summed E-state index contributed by atoms with van der Waals surface area (Å²) < 4.78 is 5.57. The Morgan fingerprint density at radius 2 is 1.24 bits per heavy atom. The molecule has 0 spiro atoms. The average Bonchev–Trinajstić information content (AvgIpc) is 2.70. The molecule has 29 heavy (non-hydrogen) atoms. The van der Waals surface area contributed by atoms with Gasteiger partial charge in [0.05, 0.1) is 12.7 Å². The van der Waals surface area contributed by atoms with Crippen LogP contribution in [0, 0.1) is 0 Å². The molecule has 3 nitrogen and oxygen atoms in total. The Balaban J connectivity index is 3.12. The highest BCUT2D eigenvalue weighted by molar-refractivity contribution is 7.99. The van der Waals surface area contributed by atoms with Crippen molar-refractivity contribution in [2.24, 2.45) is 0 Å². The number of hydrogen-bond acceptors (Lipinski definition) is 4. The molecular weight excluding hydrogens is 378 g/mol. The Kier molecular flexibility index (Phi) is 24.7. The lowest BCUT2D eigenvalue weighted by Crippen LogP contribution is -2.19. The molecule has 0 rings (SSSR count). The number of unbranched alkanes of at least 4 members (excludes halogenated alkanes) is 14. The molecule has 0 aromatic carbocycles. The number of rotatable bonds is 24. The Morgan fingerprint density at radius 3 is 1.76 bits per heavy atom. The predicted octanol–water partition coefficient (Wildman–Crippen LogP) is 6.92. The van der Waals surface area contributed by atoms with Crippen molar-refractivity contribution in [2.45, 2.75) is 116 Å². The third-order valence-corrected chi connectivity index (χ3v) is 6.60. The molecular formula is C25H53NO2S. The van der Waals surface area contributed by atoms with E-state index >= 15 is 0 Å². The van der Waals surface area contributed by atoms with Crippen molar-refractivity contribution in [1.82, 2.24) is 4.90 Å². The first-order valence-corrected chi connectivity index (χ1v) is 13.8. The monoisotopic (exact) mass is 431 g/mol. The van der Waals surface area contributed by atoms with E-state index in [0.717, 1.165) is 31.7 Å². The van der Waals surface area contributed by atoms with Gasteiger partial charge >= 0.3 is 0 Å². The summed E-state index contributed by atoms with van der Waals surface area (Å²) in [6.45, 7) is 4.67. The fraction of sp³-hybridized carbons (Fsp3) is 1.00. The average molecular weight is 432 g/mol. The van der Waals surface area contributed by atoms with Gasteiger partial charge < -0.3 is 14.7 Å². The van der Waals surface area contributed by atoms with Crippen LogP contribution in [0.4, 0.5) is 0 Å². The van der Waals surface area contributed by atoms with Gasteiger partial charge in [0.1, 0.15) is 0 Å². The van der Waals surface area contributed by atoms with E-state index in [1.165, 1.54) is 95.6 Å². The first-order valence-electron chi connectivity index (χ1n) is 12.6. The number of aliphatic hydroxyl groups is 1. The molecule has 0 saturated heterocycles. The summed E-state index contributed by atoms with van der Waals surface area (Å²) in [6.07, 6.45) is 21.7. The maximum Gasteiger partial charge on any atom is 0.0863 e. The highest BCUT2D eigenvalue weighted by Gasteiger charge is 2.04. The van der Waals surface area contributed by atoms with Gasteiger partial charge in [-0.3, -0.25) is 0 Å². The topological polar surface area (TPSA) is 32.7 Å². The van der Waals surface area contributed by atoms with Crippen molar-refractivity contribution < 1.29 is 9.84 Å². The quantitative estimate of drug-likeness (QED) is 0.168. The number of ether oxygens (including phenoxy) is 1. The maximum atomic E-state index is 9.96. The Hall–Kier alpha value is 0.230. The van der Waals surface area contributed by atoms with Crippen molar-refractivity contribution in [2.75, 3.05) is 45.4 Å². The fourth-order valence-corrected chi connectivity index (χ4v) is 4.46. The Bertz CT molecular complexity index is 303. The molecule has 0 aliphatic rings. The van der Waals surface area contributed by atoms with E-state index in [2.05, 4.69) is 25.9 Å². The van der Waals surface area contributed by atoms with Crippen molar-refractivity contribution >= 4 is 11.8 Å². The second-order valence-electron chi connectivity index (χ2n) is 8.91. The first kappa shape index (κ1) is 29.2. The number of hydrogen-bond donors (Lipinski definition) is 1. The molecule has 1 unspecified atom stereocenters. The molecule has 176 valence electrons. The van der Waals surface area contributed by atoms with E-state index in [0.29, 0.717) is 6.61 Å². The first-order chi connectivity index (χ1) is 14.2. The minimum atomic E-state index is -0.305. The lowest BCUT2D eigenvalue weighted by atomic mass is 10.0. The molecule has 0 amide bonds. The fourth-order valence-electron chi connectivity index (χ4n) is 3.52. The molecule has 0 aliphatic carbocycles. The van der Waals surface area contributed by atoms with Gasteiger partial charge in [0.2, 0.25) is 0 Å². The van der Waals surface area contributed by atoms with Gasteiger partial charge in [-0.15, -0.1) is 0 Å². The van der Waals surface area contributed by atoms with Gasteiger partial charge in [-0.2, -0.15) is 11.8 Å². The molecule has 0 radical (unpaired) electrons. The summed E-state index contributed by atoms with van der Waals surface area (Å²) in [5.74, 6) is 1.99. The van der Waals surface area contributed by atoms with Crippen LogP contribution in [0.25, 0.3) is 0 Å². The van der Waals surface area contributed by atoms with E-state index < -0.39 is 0 Å². The van der Waals surface area contributed by atoms with E-state index in [-0.39, 0.29) is 6.10 Å². The van der Waals surface area contributed by atoms with Gasteiger partial charge in [0.15, 0.2) is 0 Å². The van der Waals surface area contributed by atoms with E-state index in [1.807, 2.05) is 11.8 Å². The lowest BCUT2D eigenvalue weighted by Gasteiger charge is -2.12. The Morgan fingerprint density at radius 1 is 0.724 bits per heavy atom. The van der Waals surface area contributed by atoms with Crippen LogP contribution in [0.3, 0.4) is 0 Å². The molecule has 1 N–H and O–H groups in total. The lowest BCUT2D eigenvalue weighted by molar-refractivity contribution is 0.0464. The zero-order valence-electron chi connectivity index (χ0n) is 20.1. The normalized spacial score (nSPS) is 12.7. The highest BCUT2D eigenvalue weighted by Crippen LogP contribution is 2.14. The van der Waals surface area contributed by atoms with Gasteiger partial charge in [0.25, 0.3) is 0 Å². The van der Waals surface area contributed by atoms with Gasteiger partial charge in [-0.05, 0) is 45.7 Å². The van der Waals surface area contributed by atoms with Crippen LogP contribution in [-0.2, 0) is 4.74 Å². The summed E-state index contributed by atoms with van der Waals surface area (Å²) in [5.41, 5.74) is 0. The van der Waals surface area contributed by atoms with Crippen molar-refractivity contribution in [1.29, 1.82) is 0 Å². The molecule has 0 saturated carbocycles. The van der Waals surface area contributed by atoms with Gasteiger partial charge in [-0.25, -0.2) is 0 Å². The van der Waals surface area contributed by atoms with Crippen LogP contribution in [-0.4, -0.2) is 61.5 Å². The second-order valence-corrected chi connectivity index (χ2v) is 10.1. The zero-order valence-corrected chi connectivity index (χ0v) is 21.0. The van der Waals surface area contributed by atoms with Gasteiger partial charge in [-0.1, -0.05) is 90.4 Å². The second kappa shape index (κ2) is 24.5. The summed E-state index contributed by atoms with van der Waals surface area (Å²) >= 11 is 1.88. The Labute approximate surface area is 187 Å². The largest absolute Gasteiger partial charge is 0.390 e. The summed E-state index contributed by atoms with van der Waals surface area (Å²) in [7, 11) is 4.19. The molecule has 0 fully saturated rings. The van der Waals surface area contributed by atoms with Crippen molar-refractivity contribution in [3.63, 3.8) is 0 Å². The number of aliphatic hydroxyl groups excluding tert-OH is 1. The molecule has 4 heteroatoms. The summed E-state index contributed by atoms with van der Waals surface area (Å²) in [5, 5.41) is 9.96. The van der Waals surface area contributed by atoms with Crippen LogP contribution < -0.4 is 0 Å². The summed E-state index contributed by atoms with van der Waals surface area (Å²) in [4.78, 5) is 2.20. The summed E-state index contributed by atoms with van der Waals surface area (Å²) in [6, 6.07) is 0. The van der Waals surface area contributed by atoms with Crippen LogP contribution in [0.2, 0.25) is 0 Å². The molecule has 0 heterocycles. The van der Waals surface area contributed by atoms with Crippen molar-refractivity contribution in [3.05, 3.63) is 0 Å². The minimum absolute atomic E-state index is 0.305. The predicted molar refractivity (Wildman–Crippen MR) is 132 cm³/mol. The van der Waals surface area contributed by atoms with E-state index in [4.69, 9.17) is 4.74 Å². The number of nitrogens with zero attached hydrogens (tertiary/aromatic N) is 1. The third kappa shape index (κ3) is 26.2. The third-order valence-electron chi connectivity index (χ3n) is 5.41. The molecule has 0 aliphatic heterocycles. The SMILES string of the molecule is CCCCCCCCCCCCCCCCSCC(O)COCCCCN(C)C. The van der Waals surface area contributed by atoms with E-state index in [9.17, 15) is 5.11 Å². The van der Waals surface area contributed by atoms with Crippen molar-refractivity contribution in [3.8, 4) is 0 Å². The van der Waals surface area contributed by atoms with E-state index in [1.54, 1.807) is 0 Å². The van der Waals surface area contributed by atoms with Gasteiger partial charge in [0, 0.05) is 12.4 Å². The molecule has 1 atom stereocenters. The highest BCUT2D eigenvalue weighted by atomic mass is 32.2. The van der Waals surface area contributed by atoms with Crippen LogP contribution in [0.1, 0.15) is 110 Å². The number of thioether (sulfide) groups is 1. The maximum absolute atomic E-state index is 9.96. The van der Waals surface area contributed by atoms with Crippen LogP contribution in [0.5, 0.6) is 0 Å².